The zero-order chi connectivity index (χ0) is 28.4. The molecule has 37 heavy (non-hydrogen) atoms. The number of carboxylic acid groups (broad SMARTS) is 1. The molecule has 0 bridgehead atoms. The molecule has 0 aliphatic rings. The predicted molar refractivity (Wildman–Crippen MR) is 148 cm³/mol. The number of rotatable bonds is 8. The molecule has 2 aromatic heterocycles. The number of hydrogen-bond acceptors (Lipinski definition) is 10. The number of carbonyl (C=O) groups is 3. The van der Waals surface area contributed by atoms with E-state index in [1.54, 1.807) is 18.3 Å². The minimum Gasteiger partial charge on any atom is -0.483 e. The summed E-state index contributed by atoms with van der Waals surface area (Å²) in [5.74, 6) is 0.0491. The van der Waals surface area contributed by atoms with Gasteiger partial charge in [-0.3, -0.25) is 14.4 Å². The van der Waals surface area contributed by atoms with Gasteiger partial charge in [-0.25, -0.2) is 9.97 Å². The van der Waals surface area contributed by atoms with Crippen molar-refractivity contribution >= 4 is 58.7 Å². The first kappa shape index (κ1) is 32.6. The molecule has 1 aromatic carbocycles. The van der Waals surface area contributed by atoms with E-state index in [1.807, 2.05) is 37.9 Å². The Morgan fingerprint density at radius 3 is 2.30 bits per heavy atom. The molecule has 0 saturated carbocycles. The molecule has 0 fully saturated rings. The van der Waals surface area contributed by atoms with Crippen LogP contribution in [0.5, 0.6) is 0 Å². The van der Waals surface area contributed by atoms with Crippen LogP contribution in [0.4, 0.5) is 17.5 Å². The second-order valence-corrected chi connectivity index (χ2v) is 7.26. The quantitative estimate of drug-likeness (QED) is 0.125. The van der Waals surface area contributed by atoms with Crippen LogP contribution in [-0.2, 0) is 16.1 Å². The second-order valence-electron chi connectivity index (χ2n) is 6.76. The Labute approximate surface area is 221 Å². The fourth-order valence-corrected chi connectivity index (χ4v) is 2.96. The molecular formula is C24H32N8O4S. The SMILES string of the molecule is C#C.CC.CN(Cc1cnc2nc(N)nc(N)c2n1)c1ccc(C(=O)NCCCC(=O)S)cc1.O=CO. The molecule has 0 radical (unpaired) electrons. The van der Waals surface area contributed by atoms with E-state index >= 15 is 0 Å². The summed E-state index contributed by atoms with van der Waals surface area (Å²) in [4.78, 5) is 50.0. The van der Waals surface area contributed by atoms with Gasteiger partial charge in [-0.15, -0.1) is 25.5 Å². The largest absolute Gasteiger partial charge is 0.483 e. The van der Waals surface area contributed by atoms with E-state index in [1.165, 1.54) is 0 Å². The van der Waals surface area contributed by atoms with Crippen molar-refractivity contribution in [3.8, 4) is 12.8 Å². The Morgan fingerprint density at radius 2 is 1.73 bits per heavy atom. The Bertz CT molecular complexity index is 1170. The fraction of sp³-hybridized carbons (Fsp3) is 0.292. The Kier molecular flexibility index (Phi) is 15.8. The van der Waals surface area contributed by atoms with Crippen molar-refractivity contribution in [3.05, 3.63) is 41.7 Å². The number of terminal acetylenes is 1. The summed E-state index contributed by atoms with van der Waals surface area (Å²) < 4.78 is 0. The molecule has 1 amide bonds. The molecular weight excluding hydrogens is 496 g/mol. The van der Waals surface area contributed by atoms with E-state index in [0.717, 1.165) is 5.69 Å². The van der Waals surface area contributed by atoms with E-state index in [0.29, 0.717) is 48.4 Å². The van der Waals surface area contributed by atoms with Gasteiger partial charge in [0.05, 0.1) is 18.4 Å². The van der Waals surface area contributed by atoms with Crippen molar-refractivity contribution in [2.75, 3.05) is 30.0 Å². The number of aromatic nitrogens is 4. The first-order valence-electron chi connectivity index (χ1n) is 11.0. The van der Waals surface area contributed by atoms with Crippen LogP contribution in [0.3, 0.4) is 0 Å². The molecule has 0 spiro atoms. The second kappa shape index (κ2) is 17.9. The Hall–Kier alpha value is -4.44. The summed E-state index contributed by atoms with van der Waals surface area (Å²) in [5.41, 5.74) is 14.3. The van der Waals surface area contributed by atoms with Crippen molar-refractivity contribution < 1.29 is 19.5 Å². The third-order valence-corrected chi connectivity index (χ3v) is 4.55. The lowest BCUT2D eigenvalue weighted by Gasteiger charge is -2.19. The number of thiol groups is 1. The lowest BCUT2D eigenvalue weighted by atomic mass is 10.1. The van der Waals surface area contributed by atoms with E-state index in [9.17, 15) is 9.59 Å². The molecule has 0 aliphatic heterocycles. The summed E-state index contributed by atoms with van der Waals surface area (Å²) in [7, 11) is 1.90. The summed E-state index contributed by atoms with van der Waals surface area (Å²) in [5, 5.41) is 9.48. The van der Waals surface area contributed by atoms with Crippen molar-refractivity contribution in [2.45, 2.75) is 33.2 Å². The average Bonchev–Trinajstić information content (AvgIpc) is 2.89. The van der Waals surface area contributed by atoms with Crippen LogP contribution in [0.2, 0.25) is 0 Å². The van der Waals surface area contributed by atoms with Gasteiger partial charge >= 0.3 is 0 Å². The summed E-state index contributed by atoms with van der Waals surface area (Å²) in [6, 6.07) is 7.18. The molecule has 0 aliphatic carbocycles. The Balaban J connectivity index is 0.00000169. The number of nitrogen functional groups attached to an aromatic ring is 2. The highest BCUT2D eigenvalue weighted by Crippen LogP contribution is 2.18. The molecule has 6 N–H and O–H groups in total. The number of carbonyl (C=O) groups excluding carboxylic acids is 2. The maximum atomic E-state index is 12.2. The monoisotopic (exact) mass is 528 g/mol. The van der Waals surface area contributed by atoms with Crippen LogP contribution in [-0.4, -0.2) is 56.1 Å². The van der Waals surface area contributed by atoms with Gasteiger partial charge in [0.2, 0.25) is 5.95 Å². The van der Waals surface area contributed by atoms with Gasteiger partial charge in [0.15, 0.2) is 22.1 Å². The smallest absolute Gasteiger partial charge is 0.290 e. The van der Waals surface area contributed by atoms with Crippen molar-refractivity contribution in [2.24, 2.45) is 0 Å². The van der Waals surface area contributed by atoms with E-state index < -0.39 is 0 Å². The zero-order valence-electron chi connectivity index (χ0n) is 21.0. The van der Waals surface area contributed by atoms with Crippen LogP contribution in [0, 0.1) is 12.8 Å². The van der Waals surface area contributed by atoms with E-state index in [2.05, 4.69) is 50.7 Å². The highest BCUT2D eigenvalue weighted by molar-refractivity contribution is 7.96. The lowest BCUT2D eigenvalue weighted by molar-refractivity contribution is -0.122. The molecule has 12 nitrogen and oxygen atoms in total. The minimum absolute atomic E-state index is 0.0542. The first-order chi connectivity index (χ1) is 17.7. The normalized spacial score (nSPS) is 9.24. The number of amides is 1. The van der Waals surface area contributed by atoms with Crippen molar-refractivity contribution in [1.82, 2.24) is 25.3 Å². The van der Waals surface area contributed by atoms with Crippen molar-refractivity contribution in [1.29, 1.82) is 0 Å². The van der Waals surface area contributed by atoms with Gasteiger partial charge < -0.3 is 26.8 Å². The predicted octanol–water partition coefficient (Wildman–Crippen LogP) is 2.16. The summed E-state index contributed by atoms with van der Waals surface area (Å²) in [6.07, 6.45) is 10.5. The van der Waals surface area contributed by atoms with Crippen LogP contribution in [0.1, 0.15) is 42.7 Å². The van der Waals surface area contributed by atoms with Gasteiger partial charge in [-0.05, 0) is 30.7 Å². The highest BCUT2D eigenvalue weighted by Gasteiger charge is 2.11. The molecule has 3 aromatic rings. The topological polar surface area (TPSA) is 190 Å². The van der Waals surface area contributed by atoms with Gasteiger partial charge in [-0.2, -0.15) is 9.97 Å². The Morgan fingerprint density at radius 1 is 1.14 bits per heavy atom. The van der Waals surface area contributed by atoms with Gasteiger partial charge in [0, 0.05) is 31.3 Å². The van der Waals surface area contributed by atoms with Gasteiger partial charge in [-0.1, -0.05) is 13.8 Å². The molecule has 0 saturated heterocycles. The van der Waals surface area contributed by atoms with Crippen LogP contribution < -0.4 is 21.7 Å². The molecule has 3 rings (SSSR count). The number of nitrogens with one attached hydrogen (secondary N) is 1. The molecule has 198 valence electrons. The van der Waals surface area contributed by atoms with E-state index in [-0.39, 0.29) is 29.3 Å². The van der Waals surface area contributed by atoms with E-state index in [4.69, 9.17) is 21.4 Å². The van der Waals surface area contributed by atoms with Crippen LogP contribution in [0.25, 0.3) is 11.2 Å². The van der Waals surface area contributed by atoms with Crippen LogP contribution >= 0.6 is 12.6 Å². The number of benzene rings is 1. The molecule has 0 atom stereocenters. The molecule has 0 unspecified atom stereocenters. The highest BCUT2D eigenvalue weighted by atomic mass is 32.1. The third kappa shape index (κ3) is 11.2. The summed E-state index contributed by atoms with van der Waals surface area (Å²) >= 11 is 3.70. The first-order valence-corrected chi connectivity index (χ1v) is 11.5. The van der Waals surface area contributed by atoms with Crippen molar-refractivity contribution in [3.63, 3.8) is 0 Å². The lowest BCUT2D eigenvalue weighted by Crippen LogP contribution is -2.24. The summed E-state index contributed by atoms with van der Waals surface area (Å²) in [6.45, 7) is 4.64. The number of nitrogens with zero attached hydrogens (tertiary/aromatic N) is 5. The van der Waals surface area contributed by atoms with Crippen LogP contribution in [0.15, 0.2) is 30.5 Å². The third-order valence-electron chi connectivity index (χ3n) is 4.32. The maximum absolute atomic E-state index is 12.2. The molecule has 13 heteroatoms. The van der Waals surface area contributed by atoms with Gasteiger partial charge in [0.25, 0.3) is 12.4 Å². The molecule has 2 heterocycles. The number of anilines is 3. The zero-order valence-corrected chi connectivity index (χ0v) is 21.9. The number of nitrogens with two attached hydrogens (primary N) is 2. The standard InChI is InChI=1S/C19H22N8O2S.C2H6.C2H2.CH2O2/c1-27(10-12-9-23-17-15(24-12)16(20)25-19(21)26-17)13-6-4-11(5-7-13)18(29)22-8-2-3-14(28)30;2*1-2;2-1-3/h4-7,9H,2-3,8,10H2,1H3,(H,22,29)(H,28,30)(H4,20,21,23,25,26);1-2H3;1-2H;1H,(H,2,3). The number of hydrogen-bond donors (Lipinski definition) is 5. The average molecular weight is 529 g/mol. The fourth-order valence-electron chi connectivity index (χ4n) is 2.80. The maximum Gasteiger partial charge on any atom is 0.290 e. The van der Waals surface area contributed by atoms with Gasteiger partial charge in [0.1, 0.15) is 0 Å². The minimum atomic E-state index is -0.250. The number of fused-ring (bicyclic) bond motifs is 1.